The molecular formula is C28H29N3O. The average molecular weight is 424 g/mol. The average Bonchev–Trinajstić information content (AvgIpc) is 3.33. The Bertz CT molecular complexity index is 1330. The number of aromatic nitrogens is 2. The van der Waals surface area contributed by atoms with Gasteiger partial charge in [0.15, 0.2) is 0 Å². The monoisotopic (exact) mass is 423 g/mol. The maximum Gasteiger partial charge on any atom is 0.227 e. The van der Waals surface area contributed by atoms with E-state index in [1.54, 1.807) is 0 Å². The number of fused-ring (bicyclic) bond motifs is 1. The molecule has 0 spiro atoms. The fourth-order valence-electron chi connectivity index (χ4n) is 4.74. The van der Waals surface area contributed by atoms with E-state index < -0.39 is 0 Å². The molecule has 1 unspecified atom stereocenters. The van der Waals surface area contributed by atoms with Gasteiger partial charge in [0, 0.05) is 31.1 Å². The number of carbonyl (C=O) groups is 1. The molecule has 1 fully saturated rings. The molecule has 2 heterocycles. The van der Waals surface area contributed by atoms with Gasteiger partial charge in [-0.3, -0.25) is 4.79 Å². The molecule has 4 heteroatoms. The Labute approximate surface area is 189 Å². The summed E-state index contributed by atoms with van der Waals surface area (Å²) < 4.78 is 2.32. The minimum atomic E-state index is 0.0709. The van der Waals surface area contributed by atoms with Crippen molar-refractivity contribution in [2.24, 2.45) is 0 Å². The summed E-state index contributed by atoms with van der Waals surface area (Å²) in [7, 11) is 0. The molecule has 5 rings (SSSR count). The maximum absolute atomic E-state index is 13.0. The van der Waals surface area contributed by atoms with Gasteiger partial charge in [0.25, 0.3) is 0 Å². The molecule has 162 valence electrons. The lowest BCUT2D eigenvalue weighted by Crippen LogP contribution is -2.24. The molecule has 1 atom stereocenters. The Balaban J connectivity index is 1.54. The van der Waals surface area contributed by atoms with E-state index in [0.29, 0.717) is 13.0 Å². The maximum atomic E-state index is 13.0. The third-order valence-corrected chi connectivity index (χ3v) is 6.81. The van der Waals surface area contributed by atoms with Crippen LogP contribution in [0.25, 0.3) is 11.0 Å². The molecule has 3 aromatic carbocycles. The van der Waals surface area contributed by atoms with Crippen LogP contribution in [0.3, 0.4) is 0 Å². The van der Waals surface area contributed by atoms with Crippen LogP contribution in [0.1, 0.15) is 46.0 Å². The highest BCUT2D eigenvalue weighted by atomic mass is 16.2. The van der Waals surface area contributed by atoms with Gasteiger partial charge in [0.1, 0.15) is 5.82 Å². The first kappa shape index (κ1) is 20.5. The topological polar surface area (TPSA) is 38.1 Å². The van der Waals surface area contributed by atoms with Crippen LogP contribution in [0.15, 0.2) is 60.7 Å². The van der Waals surface area contributed by atoms with Crippen LogP contribution in [-0.4, -0.2) is 22.0 Å². The van der Waals surface area contributed by atoms with Crippen molar-refractivity contribution in [2.75, 3.05) is 11.4 Å². The van der Waals surface area contributed by atoms with Crippen molar-refractivity contribution >= 4 is 22.6 Å². The van der Waals surface area contributed by atoms with Crippen molar-refractivity contribution in [2.45, 2.75) is 46.6 Å². The molecule has 1 amide bonds. The van der Waals surface area contributed by atoms with Crippen molar-refractivity contribution in [1.82, 2.24) is 9.55 Å². The lowest BCUT2D eigenvalue weighted by atomic mass is 10.0. The lowest BCUT2D eigenvalue weighted by molar-refractivity contribution is -0.117. The van der Waals surface area contributed by atoms with E-state index in [2.05, 4.69) is 86.9 Å². The number of aryl methyl sites for hydroxylation is 4. The first-order chi connectivity index (χ1) is 15.4. The summed E-state index contributed by atoms with van der Waals surface area (Å²) in [5.41, 5.74) is 9.38. The van der Waals surface area contributed by atoms with Crippen LogP contribution in [0.2, 0.25) is 0 Å². The molecule has 4 nitrogen and oxygen atoms in total. The second-order valence-corrected chi connectivity index (χ2v) is 9.15. The lowest BCUT2D eigenvalue weighted by Gasteiger charge is -2.19. The Morgan fingerprint density at radius 3 is 2.50 bits per heavy atom. The predicted molar refractivity (Wildman–Crippen MR) is 130 cm³/mol. The van der Waals surface area contributed by atoms with Crippen LogP contribution in [-0.2, 0) is 11.3 Å². The fraction of sp³-hybridized carbons (Fsp3) is 0.286. The molecule has 0 radical (unpaired) electrons. The summed E-state index contributed by atoms with van der Waals surface area (Å²) in [6.45, 7) is 9.92. The zero-order valence-corrected chi connectivity index (χ0v) is 19.2. The highest BCUT2D eigenvalue weighted by molar-refractivity contribution is 5.96. The smallest absolute Gasteiger partial charge is 0.227 e. The number of imidazole rings is 1. The van der Waals surface area contributed by atoms with Gasteiger partial charge in [-0.25, -0.2) is 4.98 Å². The highest BCUT2D eigenvalue weighted by Crippen LogP contribution is 2.34. The molecule has 1 aliphatic heterocycles. The van der Waals surface area contributed by atoms with Gasteiger partial charge in [-0.2, -0.15) is 0 Å². The minimum Gasteiger partial charge on any atom is -0.323 e. The fourth-order valence-corrected chi connectivity index (χ4v) is 4.74. The summed E-state index contributed by atoms with van der Waals surface area (Å²) in [6.07, 6.45) is 0.489. The number of carbonyl (C=O) groups excluding carboxylic acids is 1. The van der Waals surface area contributed by atoms with Gasteiger partial charge >= 0.3 is 0 Å². The first-order valence-corrected chi connectivity index (χ1v) is 11.3. The summed E-state index contributed by atoms with van der Waals surface area (Å²) in [4.78, 5) is 20.0. The van der Waals surface area contributed by atoms with Gasteiger partial charge in [-0.05, 0) is 74.2 Å². The molecule has 4 aromatic rings. The number of amides is 1. The zero-order chi connectivity index (χ0) is 22.4. The largest absolute Gasteiger partial charge is 0.323 e. The van der Waals surface area contributed by atoms with E-state index in [1.165, 1.54) is 27.8 Å². The van der Waals surface area contributed by atoms with Crippen molar-refractivity contribution < 1.29 is 4.79 Å². The summed E-state index contributed by atoms with van der Waals surface area (Å²) in [6, 6.07) is 21.2. The number of hydrogen-bond acceptors (Lipinski definition) is 2. The second kappa shape index (κ2) is 7.94. The van der Waals surface area contributed by atoms with E-state index >= 15 is 0 Å². The Morgan fingerprint density at radius 2 is 1.69 bits per heavy atom. The predicted octanol–water partition coefficient (Wildman–Crippen LogP) is 5.84. The van der Waals surface area contributed by atoms with Gasteiger partial charge < -0.3 is 9.47 Å². The molecule has 1 aromatic heterocycles. The normalized spacial score (nSPS) is 16.3. The van der Waals surface area contributed by atoms with Crippen molar-refractivity contribution in [3.05, 3.63) is 94.3 Å². The molecule has 32 heavy (non-hydrogen) atoms. The van der Waals surface area contributed by atoms with Gasteiger partial charge in [0.05, 0.1) is 11.0 Å². The molecule has 0 saturated carbocycles. The standard InChI is InChI=1S/C28H29N3O/c1-18-9-10-20(3)22(13-18)16-31-26-8-6-5-7-25(26)29-28(31)23-15-27(32)30(17-23)24-12-11-19(2)21(4)14-24/h5-14,23H,15-17H2,1-4H3. The number of nitrogens with zero attached hydrogens (tertiary/aromatic N) is 3. The van der Waals surface area contributed by atoms with Crippen LogP contribution in [0, 0.1) is 27.7 Å². The summed E-state index contributed by atoms with van der Waals surface area (Å²) >= 11 is 0. The highest BCUT2D eigenvalue weighted by Gasteiger charge is 2.35. The molecule has 1 saturated heterocycles. The first-order valence-electron chi connectivity index (χ1n) is 11.3. The van der Waals surface area contributed by atoms with E-state index in [9.17, 15) is 4.79 Å². The zero-order valence-electron chi connectivity index (χ0n) is 19.2. The van der Waals surface area contributed by atoms with E-state index in [1.807, 2.05) is 11.0 Å². The number of anilines is 1. The van der Waals surface area contributed by atoms with Crippen molar-refractivity contribution in [1.29, 1.82) is 0 Å². The Hall–Kier alpha value is -3.40. The van der Waals surface area contributed by atoms with Gasteiger partial charge in [0.2, 0.25) is 5.91 Å². The van der Waals surface area contributed by atoms with Gasteiger partial charge in [-0.15, -0.1) is 0 Å². The third-order valence-electron chi connectivity index (χ3n) is 6.81. The quantitative estimate of drug-likeness (QED) is 0.414. The molecule has 1 aliphatic rings. The molecule has 0 bridgehead atoms. The van der Waals surface area contributed by atoms with Gasteiger partial charge in [-0.1, -0.05) is 42.0 Å². The molecule has 0 aliphatic carbocycles. The van der Waals surface area contributed by atoms with Crippen LogP contribution >= 0.6 is 0 Å². The van der Waals surface area contributed by atoms with Crippen LogP contribution in [0.5, 0.6) is 0 Å². The Kier molecular flexibility index (Phi) is 5.09. The van der Waals surface area contributed by atoms with Crippen LogP contribution < -0.4 is 4.90 Å². The number of hydrogen-bond donors (Lipinski definition) is 0. The summed E-state index contributed by atoms with van der Waals surface area (Å²) in [5.74, 6) is 1.25. The SMILES string of the molecule is Cc1ccc(C)c(Cn2c(C3CC(=O)N(c4ccc(C)c(C)c4)C3)nc3ccccc32)c1. The van der Waals surface area contributed by atoms with E-state index in [4.69, 9.17) is 4.98 Å². The van der Waals surface area contributed by atoms with Crippen molar-refractivity contribution in [3.8, 4) is 0 Å². The molecule has 0 N–H and O–H groups in total. The number of para-hydroxylation sites is 2. The van der Waals surface area contributed by atoms with Crippen LogP contribution in [0.4, 0.5) is 5.69 Å². The van der Waals surface area contributed by atoms with Crippen molar-refractivity contribution in [3.63, 3.8) is 0 Å². The third kappa shape index (κ3) is 3.60. The summed E-state index contributed by atoms with van der Waals surface area (Å²) in [5, 5.41) is 0. The van der Waals surface area contributed by atoms with E-state index in [0.717, 1.165) is 29.1 Å². The minimum absolute atomic E-state index is 0.0709. The molecular weight excluding hydrogens is 394 g/mol. The number of rotatable bonds is 4. The van der Waals surface area contributed by atoms with E-state index in [-0.39, 0.29) is 11.8 Å². The Morgan fingerprint density at radius 1 is 0.906 bits per heavy atom. The number of benzene rings is 3. The second-order valence-electron chi connectivity index (χ2n) is 9.15.